The number of carbonyl (C=O) groups is 1. The van der Waals surface area contributed by atoms with Gasteiger partial charge in [0, 0.05) is 18.1 Å². The van der Waals surface area contributed by atoms with Gasteiger partial charge in [-0.15, -0.1) is 0 Å². The molecule has 0 aliphatic heterocycles. The first kappa shape index (κ1) is 22.7. The topological polar surface area (TPSA) is 102 Å². The first-order valence-corrected chi connectivity index (χ1v) is 9.63. The SMILES string of the molecule is CCCCCCCCOCCOC[C@H](O)CSCC(N)C(=O)O. The van der Waals surface area contributed by atoms with E-state index in [1.54, 1.807) is 0 Å². The molecule has 2 atom stereocenters. The number of carboxylic acid groups (broad SMARTS) is 1. The maximum Gasteiger partial charge on any atom is 0.321 e. The highest BCUT2D eigenvalue weighted by Crippen LogP contribution is 2.06. The normalized spacial score (nSPS) is 13.9. The molecule has 0 heterocycles. The third kappa shape index (κ3) is 16.3. The van der Waals surface area contributed by atoms with Crippen LogP contribution in [0, 0.1) is 0 Å². The zero-order valence-electron chi connectivity index (χ0n) is 14.2. The highest BCUT2D eigenvalue weighted by atomic mass is 32.2. The Labute approximate surface area is 144 Å². The number of thioether (sulfide) groups is 1. The van der Waals surface area contributed by atoms with E-state index in [1.807, 2.05) is 0 Å². The standard InChI is InChI=1S/C16H33NO5S/c1-2-3-4-5-6-7-8-21-9-10-22-11-14(18)12-23-13-15(17)16(19)20/h14-15,18H,2-13,17H2,1H3,(H,19,20)/t14-,15?/m0/s1. The van der Waals surface area contributed by atoms with Crippen LogP contribution in [0.1, 0.15) is 45.4 Å². The molecule has 138 valence electrons. The number of nitrogens with two attached hydrogens (primary N) is 1. The summed E-state index contributed by atoms with van der Waals surface area (Å²) in [5, 5.41) is 18.3. The predicted octanol–water partition coefficient (Wildman–Crippen LogP) is 1.89. The Balaban J connectivity index is 3.23. The fourth-order valence-electron chi connectivity index (χ4n) is 1.87. The molecule has 6 nitrogen and oxygen atoms in total. The average molecular weight is 352 g/mol. The van der Waals surface area contributed by atoms with Gasteiger partial charge in [0.15, 0.2) is 0 Å². The summed E-state index contributed by atoms with van der Waals surface area (Å²) in [5.74, 6) is -0.321. The third-order valence-electron chi connectivity index (χ3n) is 3.25. The molecule has 0 aromatic carbocycles. The number of aliphatic carboxylic acids is 1. The highest BCUT2D eigenvalue weighted by Gasteiger charge is 2.12. The molecule has 0 spiro atoms. The van der Waals surface area contributed by atoms with Crippen molar-refractivity contribution in [1.29, 1.82) is 0 Å². The lowest BCUT2D eigenvalue weighted by atomic mass is 10.1. The first-order valence-electron chi connectivity index (χ1n) is 8.47. The maximum atomic E-state index is 10.5. The van der Waals surface area contributed by atoms with Crippen molar-refractivity contribution in [2.75, 3.05) is 37.9 Å². The number of hydrogen-bond acceptors (Lipinski definition) is 6. The van der Waals surface area contributed by atoms with E-state index >= 15 is 0 Å². The second-order valence-corrected chi connectivity index (χ2v) is 6.67. The van der Waals surface area contributed by atoms with E-state index in [0.29, 0.717) is 19.0 Å². The number of carboxylic acids is 1. The Morgan fingerprint density at radius 3 is 2.39 bits per heavy atom. The van der Waals surface area contributed by atoms with Crippen molar-refractivity contribution in [1.82, 2.24) is 0 Å². The van der Waals surface area contributed by atoms with Gasteiger partial charge < -0.3 is 25.4 Å². The fourth-order valence-corrected chi connectivity index (χ4v) is 2.78. The van der Waals surface area contributed by atoms with Crippen molar-refractivity contribution >= 4 is 17.7 Å². The summed E-state index contributed by atoms with van der Waals surface area (Å²) < 4.78 is 10.8. The van der Waals surface area contributed by atoms with Crippen LogP contribution in [0.4, 0.5) is 0 Å². The molecule has 0 amide bonds. The number of ether oxygens (including phenoxy) is 2. The van der Waals surface area contributed by atoms with Crippen molar-refractivity contribution in [3.63, 3.8) is 0 Å². The van der Waals surface area contributed by atoms with E-state index < -0.39 is 18.1 Å². The molecule has 0 aliphatic carbocycles. The molecule has 0 aliphatic rings. The van der Waals surface area contributed by atoms with Crippen LogP contribution in [-0.4, -0.2) is 66.3 Å². The molecular weight excluding hydrogens is 318 g/mol. The summed E-state index contributed by atoms with van der Waals surface area (Å²) in [7, 11) is 0. The molecule has 0 radical (unpaired) electrons. The van der Waals surface area contributed by atoms with Crippen LogP contribution in [-0.2, 0) is 14.3 Å². The van der Waals surface area contributed by atoms with Gasteiger partial charge in [-0.2, -0.15) is 11.8 Å². The number of rotatable bonds is 17. The Kier molecular flexibility index (Phi) is 16.3. The van der Waals surface area contributed by atoms with E-state index in [4.69, 9.17) is 20.3 Å². The Bertz CT molecular complexity index is 281. The van der Waals surface area contributed by atoms with Gasteiger partial charge in [0.05, 0.1) is 25.9 Å². The lowest BCUT2D eigenvalue weighted by Crippen LogP contribution is -2.33. The fraction of sp³-hybridized carbons (Fsp3) is 0.938. The van der Waals surface area contributed by atoms with Gasteiger partial charge in [0.25, 0.3) is 0 Å². The van der Waals surface area contributed by atoms with Crippen LogP contribution in [0.15, 0.2) is 0 Å². The summed E-state index contributed by atoms with van der Waals surface area (Å²) >= 11 is 1.31. The van der Waals surface area contributed by atoms with Crippen LogP contribution >= 0.6 is 11.8 Å². The summed E-state index contributed by atoms with van der Waals surface area (Å²) in [5.41, 5.74) is 5.37. The Hall–Kier alpha value is -0.340. The average Bonchev–Trinajstić information content (AvgIpc) is 2.52. The van der Waals surface area contributed by atoms with E-state index in [1.165, 1.54) is 43.9 Å². The summed E-state index contributed by atoms with van der Waals surface area (Å²) in [6.45, 7) is 4.21. The number of unbranched alkanes of at least 4 members (excludes halogenated alkanes) is 5. The van der Waals surface area contributed by atoms with Crippen LogP contribution in [0.5, 0.6) is 0 Å². The van der Waals surface area contributed by atoms with Gasteiger partial charge in [-0.25, -0.2) is 0 Å². The molecule has 23 heavy (non-hydrogen) atoms. The van der Waals surface area contributed by atoms with Gasteiger partial charge in [0.1, 0.15) is 6.04 Å². The molecule has 0 rings (SSSR count). The quantitative estimate of drug-likeness (QED) is 0.344. The molecule has 1 unspecified atom stereocenters. The molecule has 0 aromatic rings. The van der Waals surface area contributed by atoms with Crippen molar-refractivity contribution in [2.45, 2.75) is 57.6 Å². The zero-order valence-corrected chi connectivity index (χ0v) is 15.1. The number of hydrogen-bond donors (Lipinski definition) is 3. The molecule has 0 saturated carbocycles. The molecule has 0 bridgehead atoms. The van der Waals surface area contributed by atoms with Crippen molar-refractivity contribution in [2.24, 2.45) is 5.73 Å². The maximum absolute atomic E-state index is 10.5. The lowest BCUT2D eigenvalue weighted by Gasteiger charge is -2.12. The van der Waals surface area contributed by atoms with E-state index in [-0.39, 0.29) is 12.4 Å². The van der Waals surface area contributed by atoms with E-state index in [9.17, 15) is 9.90 Å². The van der Waals surface area contributed by atoms with Crippen LogP contribution in [0.2, 0.25) is 0 Å². The van der Waals surface area contributed by atoms with Gasteiger partial charge in [-0.05, 0) is 6.42 Å². The molecule has 4 N–H and O–H groups in total. The van der Waals surface area contributed by atoms with Gasteiger partial charge in [-0.3, -0.25) is 4.79 Å². The van der Waals surface area contributed by atoms with Crippen LogP contribution in [0.25, 0.3) is 0 Å². The zero-order chi connectivity index (χ0) is 17.3. The minimum absolute atomic E-state index is 0.232. The molecule has 0 fully saturated rings. The summed E-state index contributed by atoms with van der Waals surface area (Å²) in [4.78, 5) is 10.5. The molecule has 0 saturated heterocycles. The number of aliphatic hydroxyl groups is 1. The first-order chi connectivity index (χ1) is 11.1. The Morgan fingerprint density at radius 2 is 1.70 bits per heavy atom. The predicted molar refractivity (Wildman–Crippen MR) is 94.0 cm³/mol. The second-order valence-electron chi connectivity index (χ2n) is 5.59. The minimum atomic E-state index is -1.02. The molecular formula is C16H33NO5S. The van der Waals surface area contributed by atoms with Crippen LogP contribution < -0.4 is 5.73 Å². The number of aliphatic hydroxyl groups excluding tert-OH is 1. The molecule has 0 aromatic heterocycles. The second kappa shape index (κ2) is 16.5. The monoisotopic (exact) mass is 351 g/mol. The van der Waals surface area contributed by atoms with Crippen molar-refractivity contribution in [3.05, 3.63) is 0 Å². The third-order valence-corrected chi connectivity index (χ3v) is 4.46. The van der Waals surface area contributed by atoms with E-state index in [2.05, 4.69) is 6.92 Å². The summed E-state index contributed by atoms with van der Waals surface area (Å²) in [6.07, 6.45) is 6.87. The summed E-state index contributed by atoms with van der Waals surface area (Å²) in [6, 6.07) is -0.886. The van der Waals surface area contributed by atoms with Gasteiger partial charge in [0.2, 0.25) is 0 Å². The minimum Gasteiger partial charge on any atom is -0.480 e. The van der Waals surface area contributed by atoms with Crippen LogP contribution in [0.3, 0.4) is 0 Å². The van der Waals surface area contributed by atoms with Gasteiger partial charge in [-0.1, -0.05) is 39.0 Å². The molecule has 7 heteroatoms. The Morgan fingerprint density at radius 1 is 1.04 bits per heavy atom. The lowest BCUT2D eigenvalue weighted by molar-refractivity contribution is -0.137. The van der Waals surface area contributed by atoms with E-state index in [0.717, 1.165) is 13.0 Å². The van der Waals surface area contributed by atoms with Gasteiger partial charge >= 0.3 is 5.97 Å². The van der Waals surface area contributed by atoms with Crippen molar-refractivity contribution < 1.29 is 24.5 Å². The smallest absolute Gasteiger partial charge is 0.321 e. The van der Waals surface area contributed by atoms with Crippen molar-refractivity contribution in [3.8, 4) is 0 Å². The highest BCUT2D eigenvalue weighted by molar-refractivity contribution is 7.99. The largest absolute Gasteiger partial charge is 0.480 e.